The highest BCUT2D eigenvalue weighted by Gasteiger charge is 2.26. The summed E-state index contributed by atoms with van der Waals surface area (Å²) in [4.78, 5) is 25.9. The molecule has 0 atom stereocenters. The number of nitrogens with one attached hydrogen (secondary N) is 1. The highest BCUT2D eigenvalue weighted by molar-refractivity contribution is 6.58. The number of hydrogen-bond acceptors (Lipinski definition) is 5. The normalized spacial score (nSPS) is 14.4. The van der Waals surface area contributed by atoms with Gasteiger partial charge in [-0.05, 0) is 63.8 Å². The summed E-state index contributed by atoms with van der Waals surface area (Å²) in [6.07, 6.45) is 6.58. The maximum Gasteiger partial charge on any atom is 0.263 e. The number of fused-ring (bicyclic) bond motifs is 1. The smallest absolute Gasteiger partial charge is 0.263 e. The SMILES string of the molecule is BC(B)(B)Oc1cn2nc(CCC(C)(C)O)cc2cc1NC(=O)c1cccn(C2CC2)c1=O. The van der Waals surface area contributed by atoms with Crippen molar-refractivity contribution in [1.29, 1.82) is 0 Å². The first kappa shape index (κ1) is 23.2. The van der Waals surface area contributed by atoms with Crippen molar-refractivity contribution >= 4 is 40.7 Å². The van der Waals surface area contributed by atoms with E-state index in [1.54, 1.807) is 53.5 Å². The Kier molecular flexibility index (Phi) is 5.94. The molecule has 0 radical (unpaired) electrons. The van der Waals surface area contributed by atoms with Gasteiger partial charge in [-0.3, -0.25) is 9.59 Å². The van der Waals surface area contributed by atoms with Crippen LogP contribution in [0.25, 0.3) is 5.52 Å². The second-order valence-corrected chi connectivity index (χ2v) is 10.4. The number of aromatic nitrogens is 3. The van der Waals surface area contributed by atoms with E-state index in [0.717, 1.165) is 24.1 Å². The molecule has 0 unspecified atom stereocenters. The minimum absolute atomic E-state index is 0.102. The van der Waals surface area contributed by atoms with Crippen molar-refractivity contribution in [3.8, 4) is 5.75 Å². The van der Waals surface area contributed by atoms with Gasteiger partial charge in [0, 0.05) is 17.5 Å². The van der Waals surface area contributed by atoms with Crippen LogP contribution in [0.5, 0.6) is 5.75 Å². The van der Waals surface area contributed by atoms with Crippen LogP contribution in [0.4, 0.5) is 5.69 Å². The van der Waals surface area contributed by atoms with Crippen LogP contribution >= 0.6 is 0 Å². The van der Waals surface area contributed by atoms with Crippen LogP contribution < -0.4 is 15.6 Å². The molecule has 8 nitrogen and oxygen atoms in total. The highest BCUT2D eigenvalue weighted by atomic mass is 16.5. The van der Waals surface area contributed by atoms with E-state index in [2.05, 4.69) is 10.4 Å². The summed E-state index contributed by atoms with van der Waals surface area (Å²) in [6.45, 7) is 3.54. The van der Waals surface area contributed by atoms with Gasteiger partial charge in [0.05, 0.1) is 28.7 Å². The van der Waals surface area contributed by atoms with Crippen LogP contribution in [-0.2, 0) is 6.42 Å². The first-order chi connectivity index (χ1) is 15.4. The fraction of sp³-hybridized carbons (Fsp3) is 0.409. The Balaban J connectivity index is 1.67. The number of ether oxygens (including phenoxy) is 1. The Morgan fingerprint density at radius 1 is 1.30 bits per heavy atom. The Morgan fingerprint density at radius 2 is 2.03 bits per heavy atom. The molecular weight excluding hydrogens is 417 g/mol. The second kappa shape index (κ2) is 8.45. The topological polar surface area (TPSA) is 97.9 Å². The van der Waals surface area contributed by atoms with Crippen LogP contribution in [0.2, 0.25) is 0 Å². The van der Waals surface area contributed by atoms with E-state index in [-0.39, 0.29) is 17.2 Å². The lowest BCUT2D eigenvalue weighted by Crippen LogP contribution is -2.38. The lowest BCUT2D eigenvalue weighted by atomic mass is 9.52. The third kappa shape index (κ3) is 5.71. The number of amides is 1. The molecule has 1 aliphatic carbocycles. The molecule has 11 heteroatoms. The number of carbonyl (C=O) groups is 1. The summed E-state index contributed by atoms with van der Waals surface area (Å²) in [6, 6.07) is 7.19. The molecule has 33 heavy (non-hydrogen) atoms. The first-order valence-electron chi connectivity index (χ1n) is 11.4. The summed E-state index contributed by atoms with van der Waals surface area (Å²) in [7, 11) is 5.77. The maximum atomic E-state index is 13.1. The molecule has 4 rings (SSSR count). The molecule has 1 fully saturated rings. The number of nitrogens with zero attached hydrogens (tertiary/aromatic N) is 3. The van der Waals surface area contributed by atoms with Crippen molar-refractivity contribution in [3.05, 3.63) is 58.3 Å². The number of rotatable bonds is 8. The van der Waals surface area contributed by atoms with Gasteiger partial charge in [0.2, 0.25) is 0 Å². The average molecular weight is 446 g/mol. The van der Waals surface area contributed by atoms with Crippen molar-refractivity contribution in [2.75, 3.05) is 5.32 Å². The van der Waals surface area contributed by atoms with Crippen molar-refractivity contribution in [2.24, 2.45) is 0 Å². The van der Waals surface area contributed by atoms with Crippen molar-refractivity contribution in [1.82, 2.24) is 14.2 Å². The summed E-state index contributed by atoms with van der Waals surface area (Å²) in [5, 5.41) is 17.0. The lowest BCUT2D eigenvalue weighted by Gasteiger charge is -2.24. The third-order valence-corrected chi connectivity index (χ3v) is 5.43. The summed E-state index contributed by atoms with van der Waals surface area (Å²) in [5.41, 5.74) is 1.12. The Morgan fingerprint density at radius 3 is 2.67 bits per heavy atom. The first-order valence-corrected chi connectivity index (χ1v) is 11.4. The zero-order valence-corrected chi connectivity index (χ0v) is 19.9. The number of aliphatic hydroxyl groups is 1. The van der Waals surface area contributed by atoms with E-state index < -0.39 is 16.8 Å². The third-order valence-electron chi connectivity index (χ3n) is 5.43. The molecule has 170 valence electrons. The van der Waals surface area contributed by atoms with E-state index in [0.29, 0.717) is 24.3 Å². The molecule has 0 saturated heterocycles. The van der Waals surface area contributed by atoms with E-state index in [4.69, 9.17) is 4.74 Å². The zero-order chi connectivity index (χ0) is 24.0. The fourth-order valence-electron chi connectivity index (χ4n) is 3.65. The van der Waals surface area contributed by atoms with Crippen molar-refractivity contribution in [3.63, 3.8) is 0 Å². The molecule has 1 amide bonds. The van der Waals surface area contributed by atoms with Gasteiger partial charge in [0.1, 0.15) is 29.1 Å². The quantitative estimate of drug-likeness (QED) is 0.463. The molecule has 3 aromatic heterocycles. The Labute approximate surface area is 195 Å². The predicted molar refractivity (Wildman–Crippen MR) is 136 cm³/mol. The van der Waals surface area contributed by atoms with E-state index in [9.17, 15) is 14.7 Å². The van der Waals surface area contributed by atoms with E-state index >= 15 is 0 Å². The summed E-state index contributed by atoms with van der Waals surface area (Å²) < 4.78 is 9.45. The van der Waals surface area contributed by atoms with Crippen LogP contribution in [0.3, 0.4) is 0 Å². The van der Waals surface area contributed by atoms with Gasteiger partial charge >= 0.3 is 0 Å². The molecule has 1 aliphatic rings. The van der Waals surface area contributed by atoms with Crippen LogP contribution in [0, 0.1) is 0 Å². The Hall–Kier alpha value is -2.94. The zero-order valence-electron chi connectivity index (χ0n) is 19.9. The highest BCUT2D eigenvalue weighted by Crippen LogP contribution is 2.33. The van der Waals surface area contributed by atoms with Crippen molar-refractivity contribution in [2.45, 2.75) is 56.5 Å². The number of hydrogen-bond donors (Lipinski definition) is 2. The number of pyridine rings is 2. The van der Waals surface area contributed by atoms with Crippen LogP contribution in [-0.4, -0.2) is 59.6 Å². The summed E-state index contributed by atoms with van der Waals surface area (Å²) >= 11 is 0. The second-order valence-electron chi connectivity index (χ2n) is 10.4. The van der Waals surface area contributed by atoms with Gasteiger partial charge in [-0.15, -0.1) is 0 Å². The molecule has 1 saturated carbocycles. The molecule has 0 spiro atoms. The standard InChI is InChI=1S/C22H29B3N4O4/c1-21(2,32)8-7-13-10-15-11-17(18(12-29(15)27-13)33-22(23,24)25)26-19(30)16-4-3-9-28(20(16)31)14-5-6-14/h3-4,9-12,14,32H,5-8,23-25H2,1-2H3,(H,26,30). The maximum absolute atomic E-state index is 13.1. The summed E-state index contributed by atoms with van der Waals surface area (Å²) in [5.74, 6) is -0.0150. The van der Waals surface area contributed by atoms with Gasteiger partial charge < -0.3 is 19.7 Å². The lowest BCUT2D eigenvalue weighted by molar-refractivity contribution is 0.0711. The molecule has 0 aliphatic heterocycles. The molecule has 3 heterocycles. The van der Waals surface area contributed by atoms with Gasteiger partial charge in [0.25, 0.3) is 11.5 Å². The molecule has 3 aromatic rings. The molecular formula is C22H29B3N4O4. The molecule has 0 bridgehead atoms. The van der Waals surface area contributed by atoms with E-state index in [1.807, 2.05) is 29.6 Å². The number of anilines is 1. The van der Waals surface area contributed by atoms with Gasteiger partial charge in [0.15, 0.2) is 5.75 Å². The largest absolute Gasteiger partial charge is 0.510 e. The van der Waals surface area contributed by atoms with E-state index in [1.165, 1.54) is 0 Å². The van der Waals surface area contributed by atoms with Crippen LogP contribution in [0.15, 0.2) is 41.5 Å². The average Bonchev–Trinajstić information content (AvgIpc) is 3.45. The Bertz CT molecular complexity index is 1250. The molecule has 0 aromatic carbocycles. The van der Waals surface area contributed by atoms with Gasteiger partial charge in [-0.25, -0.2) is 4.52 Å². The minimum Gasteiger partial charge on any atom is -0.510 e. The van der Waals surface area contributed by atoms with Gasteiger partial charge in [-0.2, -0.15) is 5.10 Å². The molecule has 2 N–H and O–H groups in total. The monoisotopic (exact) mass is 446 g/mol. The van der Waals surface area contributed by atoms with Gasteiger partial charge in [-0.1, -0.05) is 0 Å². The predicted octanol–water partition coefficient (Wildman–Crippen LogP) is -0.324. The minimum atomic E-state index is -0.779. The number of aryl methyl sites for hydroxylation is 1. The fourth-order valence-corrected chi connectivity index (χ4v) is 3.65. The van der Waals surface area contributed by atoms with Crippen LogP contribution in [0.1, 0.15) is 55.2 Å². The van der Waals surface area contributed by atoms with Crippen molar-refractivity contribution < 1.29 is 14.6 Å². The number of carbonyl (C=O) groups excluding carboxylic acids is 1.